The minimum absolute atomic E-state index is 0.247. The molecular formula is C18H14BrCl2N. The summed E-state index contributed by atoms with van der Waals surface area (Å²) in [5.74, 6) is 0.922. The highest BCUT2D eigenvalue weighted by Gasteiger charge is 2.38. The smallest absolute Gasteiger partial charge is 0.0826 e. The van der Waals surface area contributed by atoms with Crippen molar-refractivity contribution in [2.75, 3.05) is 5.32 Å². The van der Waals surface area contributed by atoms with Crippen molar-refractivity contribution in [2.24, 2.45) is 5.92 Å². The monoisotopic (exact) mass is 393 g/mol. The van der Waals surface area contributed by atoms with E-state index >= 15 is 0 Å². The molecule has 0 radical (unpaired) electrons. The third-order valence-electron chi connectivity index (χ3n) is 4.66. The fourth-order valence-electron chi connectivity index (χ4n) is 3.60. The first-order valence-electron chi connectivity index (χ1n) is 7.31. The van der Waals surface area contributed by atoms with E-state index in [0.717, 1.165) is 16.6 Å². The van der Waals surface area contributed by atoms with Gasteiger partial charge in [-0.15, -0.1) is 0 Å². The molecule has 0 unspecified atom stereocenters. The average molecular weight is 395 g/mol. The van der Waals surface area contributed by atoms with E-state index in [4.69, 9.17) is 23.2 Å². The van der Waals surface area contributed by atoms with Crippen LogP contribution < -0.4 is 5.32 Å². The van der Waals surface area contributed by atoms with Gasteiger partial charge in [0.2, 0.25) is 0 Å². The lowest BCUT2D eigenvalue weighted by Gasteiger charge is -2.38. The maximum atomic E-state index is 6.45. The molecule has 1 aliphatic heterocycles. The van der Waals surface area contributed by atoms with Crippen molar-refractivity contribution < 1.29 is 0 Å². The molecule has 2 aliphatic rings. The van der Waals surface area contributed by atoms with Crippen molar-refractivity contribution in [2.45, 2.75) is 18.4 Å². The van der Waals surface area contributed by atoms with Gasteiger partial charge in [-0.05, 0) is 41.7 Å². The van der Waals surface area contributed by atoms with E-state index in [1.165, 1.54) is 11.1 Å². The summed E-state index contributed by atoms with van der Waals surface area (Å²) < 4.78 is 1.09. The summed E-state index contributed by atoms with van der Waals surface area (Å²) in [5, 5.41) is 4.87. The molecule has 0 aromatic heterocycles. The molecule has 3 atom stereocenters. The minimum Gasteiger partial charge on any atom is -0.376 e. The molecule has 0 saturated carbocycles. The summed E-state index contributed by atoms with van der Waals surface area (Å²) >= 11 is 16.2. The molecule has 1 heterocycles. The van der Waals surface area contributed by atoms with E-state index < -0.39 is 0 Å². The molecule has 1 aliphatic carbocycles. The molecule has 112 valence electrons. The third-order valence-corrected chi connectivity index (χ3v) is 5.99. The van der Waals surface area contributed by atoms with Crippen molar-refractivity contribution in [3.63, 3.8) is 0 Å². The minimum atomic E-state index is 0.247. The fourth-order valence-corrected chi connectivity index (χ4v) is 4.25. The lowest BCUT2D eigenvalue weighted by Crippen LogP contribution is -2.29. The molecule has 22 heavy (non-hydrogen) atoms. The van der Waals surface area contributed by atoms with E-state index in [1.807, 2.05) is 6.07 Å². The Morgan fingerprint density at radius 1 is 1.05 bits per heavy atom. The van der Waals surface area contributed by atoms with Crippen LogP contribution in [0.25, 0.3) is 0 Å². The summed E-state index contributed by atoms with van der Waals surface area (Å²) in [7, 11) is 0. The van der Waals surface area contributed by atoms with Crippen LogP contribution >= 0.6 is 39.1 Å². The van der Waals surface area contributed by atoms with Crippen LogP contribution in [0.1, 0.15) is 29.5 Å². The molecule has 2 aromatic carbocycles. The van der Waals surface area contributed by atoms with Gasteiger partial charge < -0.3 is 5.32 Å². The van der Waals surface area contributed by atoms with Gasteiger partial charge in [0.05, 0.1) is 21.8 Å². The number of halogens is 3. The van der Waals surface area contributed by atoms with Crippen LogP contribution in [0.4, 0.5) is 5.69 Å². The number of hydrogen-bond acceptors (Lipinski definition) is 1. The second-order valence-electron chi connectivity index (χ2n) is 5.85. The first-order chi connectivity index (χ1) is 10.6. The van der Waals surface area contributed by atoms with Crippen LogP contribution in [0, 0.1) is 5.92 Å². The zero-order chi connectivity index (χ0) is 15.3. The summed E-state index contributed by atoms with van der Waals surface area (Å²) in [6.07, 6.45) is 5.67. The molecule has 0 saturated heterocycles. The molecule has 0 amide bonds. The summed E-state index contributed by atoms with van der Waals surface area (Å²) in [6.45, 7) is 0. The molecule has 1 N–H and O–H groups in total. The number of hydrogen-bond donors (Lipinski definition) is 1. The van der Waals surface area contributed by atoms with Gasteiger partial charge in [0.15, 0.2) is 0 Å². The predicted molar refractivity (Wildman–Crippen MR) is 97.0 cm³/mol. The van der Waals surface area contributed by atoms with Crippen molar-refractivity contribution in [3.05, 3.63) is 74.2 Å². The van der Waals surface area contributed by atoms with Crippen molar-refractivity contribution in [1.29, 1.82) is 0 Å². The number of nitrogens with one attached hydrogen (secondary N) is 1. The summed E-state index contributed by atoms with van der Waals surface area (Å²) in [4.78, 5) is 0. The Hall–Kier alpha value is -0.960. The van der Waals surface area contributed by atoms with Crippen LogP contribution in [0.2, 0.25) is 10.0 Å². The molecule has 0 bridgehead atoms. The van der Waals surface area contributed by atoms with E-state index in [0.29, 0.717) is 21.9 Å². The lowest BCUT2D eigenvalue weighted by molar-refractivity contribution is 0.425. The quantitative estimate of drug-likeness (QED) is 0.538. The zero-order valence-electron chi connectivity index (χ0n) is 11.7. The molecule has 4 heteroatoms. The van der Waals surface area contributed by atoms with Crippen LogP contribution in [-0.2, 0) is 0 Å². The fraction of sp³-hybridized carbons (Fsp3) is 0.222. The van der Waals surface area contributed by atoms with Crippen molar-refractivity contribution in [1.82, 2.24) is 0 Å². The van der Waals surface area contributed by atoms with Gasteiger partial charge in [-0.1, -0.05) is 69.5 Å². The number of fused-ring (bicyclic) bond motifs is 3. The number of rotatable bonds is 1. The van der Waals surface area contributed by atoms with Crippen molar-refractivity contribution in [3.8, 4) is 0 Å². The first-order valence-corrected chi connectivity index (χ1v) is 8.86. The van der Waals surface area contributed by atoms with E-state index in [-0.39, 0.29) is 6.04 Å². The Balaban J connectivity index is 1.82. The van der Waals surface area contributed by atoms with Crippen LogP contribution in [0.15, 0.2) is 53.0 Å². The topological polar surface area (TPSA) is 12.0 Å². The van der Waals surface area contributed by atoms with Crippen molar-refractivity contribution >= 4 is 44.8 Å². The highest BCUT2D eigenvalue weighted by atomic mass is 79.9. The summed E-state index contributed by atoms with van der Waals surface area (Å²) in [6, 6.07) is 12.8. The standard InChI is InChI=1S/C18H14BrCl2N/c19-11-6-4-10(5-7-11)17-13-3-1-2-12(13)14-8-9-15(20)16(21)18(14)22-17/h1-2,4-9,12-13,17,22H,3H2/t12-,13+,17+/m1/s1. The average Bonchev–Trinajstić information content (AvgIpc) is 3.01. The lowest BCUT2D eigenvalue weighted by atomic mass is 9.77. The summed E-state index contributed by atoms with van der Waals surface area (Å²) in [5.41, 5.74) is 3.51. The van der Waals surface area contributed by atoms with Crippen LogP contribution in [0.3, 0.4) is 0 Å². The normalized spacial score (nSPS) is 25.5. The SMILES string of the molecule is Clc1ccc2c(c1Cl)N[C@@H](c1ccc(Br)cc1)[C@H]1CC=C[C@@H]21. The Kier molecular flexibility index (Phi) is 3.72. The second kappa shape index (κ2) is 5.59. The Morgan fingerprint density at radius 3 is 2.59 bits per heavy atom. The van der Waals surface area contributed by atoms with Gasteiger partial charge in [0.1, 0.15) is 0 Å². The van der Waals surface area contributed by atoms with Gasteiger partial charge in [0.25, 0.3) is 0 Å². The van der Waals surface area contributed by atoms with E-state index in [9.17, 15) is 0 Å². The third kappa shape index (κ3) is 2.29. The van der Waals surface area contributed by atoms with Gasteiger partial charge in [0, 0.05) is 10.4 Å². The largest absolute Gasteiger partial charge is 0.376 e. The Bertz CT molecular complexity index is 754. The molecule has 2 aromatic rings. The molecule has 4 rings (SSSR count). The van der Waals surface area contributed by atoms with E-state index in [1.54, 1.807) is 0 Å². The van der Waals surface area contributed by atoms with E-state index in [2.05, 4.69) is 63.7 Å². The highest BCUT2D eigenvalue weighted by Crippen LogP contribution is 2.52. The first kappa shape index (κ1) is 14.6. The Morgan fingerprint density at radius 2 is 1.82 bits per heavy atom. The number of allylic oxidation sites excluding steroid dienone is 2. The molecule has 0 fully saturated rings. The number of benzene rings is 2. The van der Waals surface area contributed by atoms with Gasteiger partial charge >= 0.3 is 0 Å². The maximum absolute atomic E-state index is 6.45. The molecule has 1 nitrogen and oxygen atoms in total. The van der Waals surface area contributed by atoms with Crippen LogP contribution in [0.5, 0.6) is 0 Å². The van der Waals surface area contributed by atoms with Gasteiger partial charge in [-0.25, -0.2) is 0 Å². The van der Waals surface area contributed by atoms with Crippen LogP contribution in [-0.4, -0.2) is 0 Å². The second-order valence-corrected chi connectivity index (χ2v) is 7.55. The molecular weight excluding hydrogens is 381 g/mol. The maximum Gasteiger partial charge on any atom is 0.0826 e. The molecule has 0 spiro atoms. The zero-order valence-corrected chi connectivity index (χ0v) is 14.8. The van der Waals surface area contributed by atoms with Gasteiger partial charge in [-0.3, -0.25) is 0 Å². The van der Waals surface area contributed by atoms with Gasteiger partial charge in [-0.2, -0.15) is 0 Å². The predicted octanol–water partition coefficient (Wildman–Crippen LogP) is 6.58. The number of anilines is 1. The Labute approximate surface area is 148 Å². The highest BCUT2D eigenvalue weighted by molar-refractivity contribution is 9.10.